The van der Waals surface area contributed by atoms with Crippen molar-refractivity contribution in [2.24, 2.45) is 0 Å². The Morgan fingerprint density at radius 2 is 2.04 bits per heavy atom. The zero-order valence-electron chi connectivity index (χ0n) is 13.1. The van der Waals surface area contributed by atoms with Gasteiger partial charge in [0.2, 0.25) is 6.17 Å². The van der Waals surface area contributed by atoms with Gasteiger partial charge in [-0.05, 0) is 24.3 Å². The van der Waals surface area contributed by atoms with Gasteiger partial charge in [-0.3, -0.25) is 4.79 Å². The van der Waals surface area contributed by atoms with Gasteiger partial charge in [0.15, 0.2) is 6.04 Å². The van der Waals surface area contributed by atoms with Gasteiger partial charge in [0.25, 0.3) is 5.91 Å². The number of aromatic nitrogens is 1. The number of rotatable bonds is 3. The zero-order chi connectivity index (χ0) is 15.8. The quantitative estimate of drug-likeness (QED) is 0.926. The van der Waals surface area contributed by atoms with Gasteiger partial charge < -0.3 is 9.64 Å². The first-order valence-corrected chi connectivity index (χ1v) is 8.04. The predicted octanol–water partition coefficient (Wildman–Crippen LogP) is 1.18. The lowest BCUT2D eigenvalue weighted by molar-refractivity contribution is -0.924. The maximum atomic E-state index is 13.0. The molecule has 5 heteroatoms. The highest BCUT2D eigenvalue weighted by Crippen LogP contribution is 2.33. The monoisotopic (exact) mass is 310 g/mol. The molecule has 5 nitrogen and oxygen atoms in total. The van der Waals surface area contributed by atoms with Gasteiger partial charge in [-0.15, -0.1) is 0 Å². The third-order valence-corrected chi connectivity index (χ3v) is 4.88. The number of fused-ring (bicyclic) bond motifs is 1. The average molecular weight is 310 g/mol. The van der Waals surface area contributed by atoms with Crippen LogP contribution in [0.4, 0.5) is 5.82 Å². The van der Waals surface area contributed by atoms with Crippen molar-refractivity contribution in [2.75, 3.05) is 18.6 Å². The van der Waals surface area contributed by atoms with Gasteiger partial charge in [0.05, 0.1) is 19.2 Å². The molecule has 0 radical (unpaired) electrons. The van der Waals surface area contributed by atoms with Crippen LogP contribution in [-0.2, 0) is 4.79 Å². The fourth-order valence-electron chi connectivity index (χ4n) is 3.91. The van der Waals surface area contributed by atoms with E-state index in [4.69, 9.17) is 4.74 Å². The number of ether oxygens (including phenoxy) is 1. The molecule has 2 fully saturated rings. The number of methoxy groups -OCH3 is 1. The highest BCUT2D eigenvalue weighted by atomic mass is 16.5. The summed E-state index contributed by atoms with van der Waals surface area (Å²) in [5, 5.41) is 0. The Hall–Kier alpha value is -2.40. The van der Waals surface area contributed by atoms with Crippen LogP contribution in [0.15, 0.2) is 48.7 Å². The lowest BCUT2D eigenvalue weighted by Gasteiger charge is -2.26. The summed E-state index contributed by atoms with van der Waals surface area (Å²) in [6, 6.07) is 13.7. The molecule has 0 aliphatic carbocycles. The standard InChI is InChI=1S/C18H19N3O2/c1-23-15-9-3-2-7-13(15)17-20-12-6-8-14(20)18(22)21(17)16-10-4-5-11-19-16/h2-5,7,9-11,14,17H,6,8,12H2,1H3/p+1. The second kappa shape index (κ2) is 5.66. The number of benzene rings is 1. The molecular formula is C18H20N3O2+. The van der Waals surface area contributed by atoms with Crippen LogP contribution in [0.2, 0.25) is 0 Å². The van der Waals surface area contributed by atoms with E-state index in [0.29, 0.717) is 0 Å². The van der Waals surface area contributed by atoms with Crippen LogP contribution in [0.5, 0.6) is 5.75 Å². The first-order valence-electron chi connectivity index (χ1n) is 8.04. The molecule has 2 aromatic rings. The molecule has 2 aliphatic heterocycles. The van der Waals surface area contributed by atoms with E-state index in [-0.39, 0.29) is 18.1 Å². The fraction of sp³-hybridized carbons (Fsp3) is 0.333. The summed E-state index contributed by atoms with van der Waals surface area (Å²) in [6.45, 7) is 1.00. The Morgan fingerprint density at radius 3 is 2.83 bits per heavy atom. The molecule has 3 unspecified atom stereocenters. The molecule has 0 spiro atoms. The van der Waals surface area contributed by atoms with E-state index < -0.39 is 0 Å². The van der Waals surface area contributed by atoms with Gasteiger partial charge in [-0.1, -0.05) is 18.2 Å². The molecule has 0 bridgehead atoms. The normalized spacial score (nSPS) is 26.4. The zero-order valence-corrected chi connectivity index (χ0v) is 13.1. The minimum Gasteiger partial charge on any atom is -0.496 e. The van der Waals surface area contributed by atoms with Gasteiger partial charge in [-0.25, -0.2) is 9.88 Å². The van der Waals surface area contributed by atoms with E-state index in [9.17, 15) is 4.79 Å². The maximum absolute atomic E-state index is 13.0. The summed E-state index contributed by atoms with van der Waals surface area (Å²) in [6.07, 6.45) is 3.71. The van der Waals surface area contributed by atoms with Gasteiger partial charge in [0, 0.05) is 19.0 Å². The largest absolute Gasteiger partial charge is 0.496 e. The number of pyridine rings is 1. The number of anilines is 1. The van der Waals surface area contributed by atoms with Crippen LogP contribution in [0.1, 0.15) is 24.6 Å². The molecule has 4 rings (SSSR count). The van der Waals surface area contributed by atoms with Crippen molar-refractivity contribution in [1.82, 2.24) is 4.98 Å². The summed E-state index contributed by atoms with van der Waals surface area (Å²) in [5.41, 5.74) is 1.05. The third kappa shape index (κ3) is 2.19. The molecule has 1 aromatic carbocycles. The molecule has 1 aromatic heterocycles. The average Bonchev–Trinajstić information content (AvgIpc) is 3.18. The number of hydrogen-bond acceptors (Lipinski definition) is 3. The van der Waals surface area contributed by atoms with Crippen molar-refractivity contribution < 1.29 is 14.4 Å². The van der Waals surface area contributed by atoms with Crippen LogP contribution in [-0.4, -0.2) is 30.6 Å². The fourth-order valence-corrected chi connectivity index (χ4v) is 3.91. The number of nitrogens with zero attached hydrogens (tertiary/aromatic N) is 2. The SMILES string of the molecule is COc1ccccc1C1N(c2ccccn2)C(=O)C2CCC[NH+]21. The first-order chi connectivity index (χ1) is 11.3. The third-order valence-electron chi connectivity index (χ3n) is 4.88. The summed E-state index contributed by atoms with van der Waals surface area (Å²) >= 11 is 0. The van der Waals surface area contributed by atoms with Crippen molar-refractivity contribution in [3.63, 3.8) is 0 Å². The van der Waals surface area contributed by atoms with Crippen molar-refractivity contribution in [3.8, 4) is 5.75 Å². The van der Waals surface area contributed by atoms with Gasteiger partial charge in [0.1, 0.15) is 11.6 Å². The minimum absolute atomic E-state index is 0.0342. The second-order valence-electron chi connectivity index (χ2n) is 6.06. The molecule has 118 valence electrons. The maximum Gasteiger partial charge on any atom is 0.291 e. The lowest BCUT2D eigenvalue weighted by atomic mass is 10.1. The summed E-state index contributed by atoms with van der Waals surface area (Å²) in [4.78, 5) is 20.6. The minimum atomic E-state index is -0.0685. The number of carbonyl (C=O) groups is 1. The van der Waals surface area contributed by atoms with Crippen LogP contribution < -0.4 is 14.5 Å². The molecule has 0 saturated carbocycles. The molecule has 3 heterocycles. The molecule has 2 aliphatic rings. The number of amides is 1. The van der Waals surface area contributed by atoms with E-state index in [1.54, 1.807) is 13.3 Å². The number of para-hydroxylation sites is 1. The van der Waals surface area contributed by atoms with Crippen LogP contribution >= 0.6 is 0 Å². The molecule has 1 amide bonds. The van der Waals surface area contributed by atoms with Crippen molar-refractivity contribution in [3.05, 3.63) is 54.2 Å². The second-order valence-corrected chi connectivity index (χ2v) is 6.06. The van der Waals surface area contributed by atoms with Gasteiger partial charge in [-0.2, -0.15) is 0 Å². The van der Waals surface area contributed by atoms with E-state index >= 15 is 0 Å². The predicted molar refractivity (Wildman–Crippen MR) is 86.3 cm³/mol. The molecule has 2 saturated heterocycles. The Kier molecular flexibility index (Phi) is 3.50. The lowest BCUT2D eigenvalue weighted by Crippen LogP contribution is -3.12. The first kappa shape index (κ1) is 14.2. The van der Waals surface area contributed by atoms with Crippen molar-refractivity contribution in [1.29, 1.82) is 0 Å². The van der Waals surface area contributed by atoms with Gasteiger partial charge >= 0.3 is 0 Å². The van der Waals surface area contributed by atoms with Crippen molar-refractivity contribution in [2.45, 2.75) is 25.0 Å². The smallest absolute Gasteiger partial charge is 0.291 e. The number of carbonyl (C=O) groups excluding carboxylic acids is 1. The number of nitrogens with one attached hydrogen (secondary N) is 1. The Bertz CT molecular complexity index is 719. The highest BCUT2D eigenvalue weighted by molar-refractivity contribution is 5.97. The van der Waals surface area contributed by atoms with E-state index in [1.807, 2.05) is 41.3 Å². The summed E-state index contributed by atoms with van der Waals surface area (Å²) in [7, 11) is 1.68. The van der Waals surface area contributed by atoms with E-state index in [0.717, 1.165) is 36.5 Å². The van der Waals surface area contributed by atoms with Crippen LogP contribution in [0.3, 0.4) is 0 Å². The highest BCUT2D eigenvalue weighted by Gasteiger charge is 2.54. The summed E-state index contributed by atoms with van der Waals surface area (Å²) in [5.74, 6) is 1.72. The molecular weight excluding hydrogens is 290 g/mol. The van der Waals surface area contributed by atoms with E-state index in [1.165, 1.54) is 4.90 Å². The number of hydrogen-bond donors (Lipinski definition) is 1. The Labute approximate surface area is 135 Å². The number of quaternary nitrogens is 1. The van der Waals surface area contributed by atoms with Crippen molar-refractivity contribution >= 4 is 11.7 Å². The molecule has 23 heavy (non-hydrogen) atoms. The Morgan fingerprint density at radius 1 is 1.22 bits per heavy atom. The molecule has 3 atom stereocenters. The Balaban J connectivity index is 1.84. The van der Waals surface area contributed by atoms with E-state index in [2.05, 4.69) is 11.1 Å². The topological polar surface area (TPSA) is 46.9 Å². The van der Waals surface area contributed by atoms with Crippen LogP contribution in [0.25, 0.3) is 0 Å². The van der Waals surface area contributed by atoms with Crippen LogP contribution in [0, 0.1) is 0 Å². The summed E-state index contributed by atoms with van der Waals surface area (Å²) < 4.78 is 5.55. The molecule has 1 N–H and O–H groups in total.